The van der Waals surface area contributed by atoms with Gasteiger partial charge in [-0.3, -0.25) is 9.59 Å². The molecule has 2 aromatic carbocycles. The Morgan fingerprint density at radius 1 is 1.15 bits per heavy atom. The molecule has 5 heteroatoms. The number of rotatable bonds is 5. The van der Waals surface area contributed by atoms with Gasteiger partial charge in [-0.15, -0.1) is 0 Å². The first-order chi connectivity index (χ1) is 12.5. The lowest BCUT2D eigenvalue weighted by atomic mass is 10.1. The third kappa shape index (κ3) is 3.87. The molecule has 5 nitrogen and oxygen atoms in total. The molecule has 1 saturated heterocycles. The van der Waals surface area contributed by atoms with E-state index in [0.29, 0.717) is 13.2 Å². The number of ether oxygens (including phenoxy) is 1. The van der Waals surface area contributed by atoms with Crippen LogP contribution in [0, 0.1) is 19.8 Å². The standard InChI is InChI=1S/C21H24N2O3/c1-4-26-19-9-7-18(8-10-19)23-13-16(12-20(23)24)21(25)22-17-6-5-14(2)15(3)11-17/h5-11,16H,4,12-13H2,1-3H3,(H,22,25)/t16-/m1/s1. The summed E-state index contributed by atoms with van der Waals surface area (Å²) in [5.41, 5.74) is 3.87. The van der Waals surface area contributed by atoms with Crippen molar-refractivity contribution in [2.45, 2.75) is 27.2 Å². The third-order valence-corrected chi connectivity index (χ3v) is 4.73. The van der Waals surface area contributed by atoms with Crippen LogP contribution in [-0.4, -0.2) is 25.0 Å². The van der Waals surface area contributed by atoms with Crippen LogP contribution in [0.4, 0.5) is 11.4 Å². The van der Waals surface area contributed by atoms with Crippen molar-refractivity contribution < 1.29 is 14.3 Å². The smallest absolute Gasteiger partial charge is 0.229 e. The van der Waals surface area contributed by atoms with Crippen LogP contribution in [0.3, 0.4) is 0 Å². The van der Waals surface area contributed by atoms with Gasteiger partial charge < -0.3 is 15.0 Å². The normalized spacial score (nSPS) is 16.7. The SMILES string of the molecule is CCOc1ccc(N2C[C@H](C(=O)Nc3ccc(C)c(C)c3)CC2=O)cc1. The monoisotopic (exact) mass is 352 g/mol. The van der Waals surface area contributed by atoms with Gasteiger partial charge in [0, 0.05) is 24.3 Å². The largest absolute Gasteiger partial charge is 0.494 e. The van der Waals surface area contributed by atoms with Gasteiger partial charge in [-0.25, -0.2) is 0 Å². The zero-order valence-electron chi connectivity index (χ0n) is 15.4. The summed E-state index contributed by atoms with van der Waals surface area (Å²) in [4.78, 5) is 26.6. The summed E-state index contributed by atoms with van der Waals surface area (Å²) in [5, 5.41) is 2.93. The van der Waals surface area contributed by atoms with Crippen LogP contribution in [0.15, 0.2) is 42.5 Å². The highest BCUT2D eigenvalue weighted by atomic mass is 16.5. The molecule has 1 aliphatic heterocycles. The highest BCUT2D eigenvalue weighted by molar-refractivity contribution is 6.03. The number of nitrogens with one attached hydrogen (secondary N) is 1. The molecule has 2 amide bonds. The summed E-state index contributed by atoms with van der Waals surface area (Å²) in [6, 6.07) is 13.2. The summed E-state index contributed by atoms with van der Waals surface area (Å²) >= 11 is 0. The lowest BCUT2D eigenvalue weighted by Crippen LogP contribution is -2.28. The molecule has 1 fully saturated rings. The molecule has 0 saturated carbocycles. The summed E-state index contributed by atoms with van der Waals surface area (Å²) in [7, 11) is 0. The van der Waals surface area contributed by atoms with Gasteiger partial charge in [-0.05, 0) is 68.3 Å². The Kier molecular flexibility index (Phi) is 5.26. The van der Waals surface area contributed by atoms with Gasteiger partial charge in [-0.1, -0.05) is 6.07 Å². The molecular formula is C21H24N2O3. The molecule has 0 aliphatic carbocycles. The topological polar surface area (TPSA) is 58.6 Å². The summed E-state index contributed by atoms with van der Waals surface area (Å²) in [6.07, 6.45) is 0.226. The molecule has 2 aromatic rings. The van der Waals surface area contributed by atoms with E-state index in [4.69, 9.17) is 4.74 Å². The average Bonchev–Trinajstić information content (AvgIpc) is 3.01. The van der Waals surface area contributed by atoms with Crippen LogP contribution in [0.25, 0.3) is 0 Å². The Labute approximate surface area is 154 Å². The molecule has 0 radical (unpaired) electrons. The second-order valence-electron chi connectivity index (χ2n) is 6.62. The van der Waals surface area contributed by atoms with E-state index in [9.17, 15) is 9.59 Å². The van der Waals surface area contributed by atoms with Crippen LogP contribution >= 0.6 is 0 Å². The van der Waals surface area contributed by atoms with E-state index in [1.165, 1.54) is 5.56 Å². The number of nitrogens with zero attached hydrogens (tertiary/aromatic N) is 1. The van der Waals surface area contributed by atoms with Crippen molar-refractivity contribution in [1.82, 2.24) is 0 Å². The number of carbonyl (C=O) groups excluding carboxylic acids is 2. The van der Waals surface area contributed by atoms with Crippen molar-refractivity contribution in [1.29, 1.82) is 0 Å². The Bertz CT molecular complexity index is 815. The molecule has 0 bridgehead atoms. The van der Waals surface area contributed by atoms with E-state index in [0.717, 1.165) is 22.7 Å². The molecule has 1 heterocycles. The number of carbonyl (C=O) groups is 2. The predicted molar refractivity (Wildman–Crippen MR) is 103 cm³/mol. The summed E-state index contributed by atoms with van der Waals surface area (Å²) in [6.45, 7) is 6.96. The van der Waals surface area contributed by atoms with Gasteiger partial charge in [0.2, 0.25) is 11.8 Å². The fraction of sp³-hybridized carbons (Fsp3) is 0.333. The van der Waals surface area contributed by atoms with Crippen LogP contribution < -0.4 is 15.0 Å². The van der Waals surface area contributed by atoms with Gasteiger partial charge in [0.1, 0.15) is 5.75 Å². The first-order valence-electron chi connectivity index (χ1n) is 8.89. The molecule has 1 atom stereocenters. The lowest BCUT2D eigenvalue weighted by molar-refractivity contribution is -0.122. The fourth-order valence-corrected chi connectivity index (χ4v) is 3.09. The maximum Gasteiger partial charge on any atom is 0.229 e. The zero-order valence-corrected chi connectivity index (χ0v) is 15.4. The van der Waals surface area contributed by atoms with Crippen molar-refractivity contribution in [3.05, 3.63) is 53.6 Å². The second kappa shape index (κ2) is 7.60. The molecule has 3 rings (SSSR count). The van der Waals surface area contributed by atoms with Crippen LogP contribution in [0.1, 0.15) is 24.5 Å². The Morgan fingerprint density at radius 2 is 1.88 bits per heavy atom. The third-order valence-electron chi connectivity index (χ3n) is 4.73. The minimum atomic E-state index is -0.351. The van der Waals surface area contributed by atoms with Crippen molar-refractivity contribution in [3.63, 3.8) is 0 Å². The van der Waals surface area contributed by atoms with Crippen molar-refractivity contribution in [2.75, 3.05) is 23.4 Å². The van der Waals surface area contributed by atoms with Crippen LogP contribution in [0.2, 0.25) is 0 Å². The average molecular weight is 352 g/mol. The minimum Gasteiger partial charge on any atom is -0.494 e. The van der Waals surface area contributed by atoms with E-state index in [-0.39, 0.29) is 24.2 Å². The number of amides is 2. The Hall–Kier alpha value is -2.82. The van der Waals surface area contributed by atoms with Crippen molar-refractivity contribution >= 4 is 23.2 Å². The first kappa shape index (κ1) is 18.0. The number of aryl methyl sites for hydroxylation is 2. The van der Waals surface area contributed by atoms with Crippen molar-refractivity contribution in [3.8, 4) is 5.75 Å². The highest BCUT2D eigenvalue weighted by Crippen LogP contribution is 2.28. The molecular weight excluding hydrogens is 328 g/mol. The number of hydrogen-bond acceptors (Lipinski definition) is 3. The van der Waals surface area contributed by atoms with Crippen LogP contribution in [0.5, 0.6) is 5.75 Å². The van der Waals surface area contributed by atoms with E-state index < -0.39 is 0 Å². The molecule has 1 aliphatic rings. The molecule has 1 N–H and O–H groups in total. The summed E-state index contributed by atoms with van der Waals surface area (Å²) in [5.74, 6) is 0.270. The maximum atomic E-state index is 12.6. The summed E-state index contributed by atoms with van der Waals surface area (Å²) < 4.78 is 5.43. The van der Waals surface area contributed by atoms with Gasteiger partial charge >= 0.3 is 0 Å². The second-order valence-corrected chi connectivity index (χ2v) is 6.62. The molecule has 0 aromatic heterocycles. The van der Waals surface area contributed by atoms with Gasteiger partial charge in [0.25, 0.3) is 0 Å². The van der Waals surface area contributed by atoms with Gasteiger partial charge in [0.15, 0.2) is 0 Å². The molecule has 136 valence electrons. The molecule has 0 unspecified atom stereocenters. The lowest BCUT2D eigenvalue weighted by Gasteiger charge is -2.17. The number of hydrogen-bond donors (Lipinski definition) is 1. The van der Waals surface area contributed by atoms with Gasteiger partial charge in [0.05, 0.1) is 12.5 Å². The Morgan fingerprint density at radius 3 is 2.54 bits per heavy atom. The van der Waals surface area contributed by atoms with E-state index in [1.54, 1.807) is 4.90 Å². The number of benzene rings is 2. The van der Waals surface area contributed by atoms with E-state index in [2.05, 4.69) is 5.32 Å². The Balaban J connectivity index is 1.66. The van der Waals surface area contributed by atoms with Crippen LogP contribution in [-0.2, 0) is 9.59 Å². The fourth-order valence-electron chi connectivity index (χ4n) is 3.09. The zero-order chi connectivity index (χ0) is 18.7. The number of anilines is 2. The molecule has 26 heavy (non-hydrogen) atoms. The quantitative estimate of drug-likeness (QED) is 0.893. The van der Waals surface area contributed by atoms with E-state index in [1.807, 2.05) is 63.2 Å². The van der Waals surface area contributed by atoms with Gasteiger partial charge in [-0.2, -0.15) is 0 Å². The molecule has 0 spiro atoms. The maximum absolute atomic E-state index is 12.6. The van der Waals surface area contributed by atoms with E-state index >= 15 is 0 Å². The minimum absolute atomic E-state index is 0.0330. The van der Waals surface area contributed by atoms with Crippen molar-refractivity contribution in [2.24, 2.45) is 5.92 Å². The first-order valence-corrected chi connectivity index (χ1v) is 8.89. The highest BCUT2D eigenvalue weighted by Gasteiger charge is 2.35. The predicted octanol–water partition coefficient (Wildman–Crippen LogP) is 3.69.